The summed E-state index contributed by atoms with van der Waals surface area (Å²) in [6.45, 7) is 6.53. The van der Waals surface area contributed by atoms with Gasteiger partial charge in [0.15, 0.2) is 9.84 Å². The lowest BCUT2D eigenvalue weighted by molar-refractivity contribution is -0.158. The maximum atomic E-state index is 13.5. The minimum absolute atomic E-state index is 0.0769. The fraction of sp³-hybridized carbons (Fsp3) is 0.850. The molecule has 3 fully saturated rings. The number of sulfone groups is 1. The van der Waals surface area contributed by atoms with Gasteiger partial charge < -0.3 is 15.1 Å². The Morgan fingerprint density at radius 2 is 1.83 bits per heavy atom. The van der Waals surface area contributed by atoms with Crippen LogP contribution in [0.1, 0.15) is 72.6 Å². The topological polar surface area (TPSA) is 104 Å². The first-order valence-electron chi connectivity index (χ1n) is 10.5. The van der Waals surface area contributed by atoms with E-state index in [1.807, 2.05) is 6.92 Å². The molecule has 1 N–H and O–H groups in total. The van der Waals surface area contributed by atoms with Crippen molar-refractivity contribution >= 4 is 27.6 Å². The first-order valence-corrected chi connectivity index (χ1v) is 12.1. The van der Waals surface area contributed by atoms with Gasteiger partial charge in [0.05, 0.1) is 11.2 Å². The van der Waals surface area contributed by atoms with Crippen molar-refractivity contribution < 1.29 is 22.8 Å². The van der Waals surface area contributed by atoms with Crippen LogP contribution in [0.5, 0.6) is 0 Å². The zero-order valence-corrected chi connectivity index (χ0v) is 18.8. The van der Waals surface area contributed by atoms with E-state index in [1.165, 1.54) is 37.1 Å². The van der Waals surface area contributed by atoms with Crippen molar-refractivity contribution in [2.24, 2.45) is 0 Å². The molecule has 2 aliphatic heterocycles. The van der Waals surface area contributed by atoms with E-state index in [0.717, 1.165) is 25.7 Å². The van der Waals surface area contributed by atoms with Crippen LogP contribution in [-0.4, -0.2) is 70.7 Å². The van der Waals surface area contributed by atoms with Crippen molar-refractivity contribution in [3.05, 3.63) is 0 Å². The van der Waals surface area contributed by atoms with Crippen LogP contribution < -0.4 is 5.32 Å². The average Bonchev–Trinajstić information content (AvgIpc) is 2.80. The molecule has 0 radical (unpaired) electrons. The van der Waals surface area contributed by atoms with Crippen molar-refractivity contribution in [3.63, 3.8) is 0 Å². The lowest BCUT2D eigenvalue weighted by atomic mass is 9.89. The van der Waals surface area contributed by atoms with E-state index in [4.69, 9.17) is 0 Å². The molecule has 29 heavy (non-hydrogen) atoms. The molecule has 164 valence electrons. The van der Waals surface area contributed by atoms with Gasteiger partial charge in [-0.05, 0) is 40.0 Å². The number of nitrogens with one attached hydrogen (secondary N) is 1. The summed E-state index contributed by atoms with van der Waals surface area (Å²) in [5.74, 6) is -1.06. The van der Waals surface area contributed by atoms with E-state index in [1.54, 1.807) is 6.92 Å². The maximum Gasteiger partial charge on any atom is 0.247 e. The largest absolute Gasteiger partial charge is 0.351 e. The Balaban J connectivity index is 1.85. The molecule has 3 rings (SSSR count). The Bertz CT molecular complexity index is 818. The van der Waals surface area contributed by atoms with Crippen LogP contribution >= 0.6 is 0 Å². The van der Waals surface area contributed by atoms with Gasteiger partial charge in [-0.15, -0.1) is 0 Å². The first kappa shape index (κ1) is 22.1. The van der Waals surface area contributed by atoms with Crippen molar-refractivity contribution in [1.82, 2.24) is 15.1 Å². The third-order valence-electron chi connectivity index (χ3n) is 7.40. The number of carbonyl (C=O) groups is 3. The molecule has 8 nitrogen and oxygen atoms in total. The minimum atomic E-state index is -3.66. The second-order valence-electron chi connectivity index (χ2n) is 9.34. The monoisotopic (exact) mass is 427 g/mol. The summed E-state index contributed by atoms with van der Waals surface area (Å²) in [5, 5.41) is 2.15. The van der Waals surface area contributed by atoms with Gasteiger partial charge in [0.1, 0.15) is 17.0 Å². The van der Waals surface area contributed by atoms with E-state index in [-0.39, 0.29) is 24.3 Å². The van der Waals surface area contributed by atoms with E-state index in [2.05, 4.69) is 5.32 Å². The molecule has 0 unspecified atom stereocenters. The summed E-state index contributed by atoms with van der Waals surface area (Å²) in [6.07, 6.45) is 5.50. The van der Waals surface area contributed by atoms with Crippen LogP contribution in [0, 0.1) is 0 Å². The number of hydrogen-bond donors (Lipinski definition) is 1. The number of amides is 3. The Labute approximate surface area is 173 Å². The zero-order valence-electron chi connectivity index (χ0n) is 18.0. The molecule has 2 heterocycles. The smallest absolute Gasteiger partial charge is 0.247 e. The Morgan fingerprint density at radius 1 is 1.24 bits per heavy atom. The van der Waals surface area contributed by atoms with E-state index < -0.39 is 37.4 Å². The quantitative estimate of drug-likeness (QED) is 0.664. The highest BCUT2D eigenvalue weighted by Gasteiger charge is 2.68. The number of likely N-dealkylation sites (N-methyl/N-ethyl adjacent to an activating group) is 1. The number of fused-ring (bicyclic) bond motifs is 1. The van der Waals surface area contributed by atoms with Crippen molar-refractivity contribution in [1.29, 1.82) is 0 Å². The maximum absolute atomic E-state index is 13.5. The fourth-order valence-corrected chi connectivity index (χ4v) is 6.92. The van der Waals surface area contributed by atoms with E-state index >= 15 is 0 Å². The summed E-state index contributed by atoms with van der Waals surface area (Å²) < 4.78 is 24.3. The van der Waals surface area contributed by atoms with Gasteiger partial charge >= 0.3 is 0 Å². The summed E-state index contributed by atoms with van der Waals surface area (Å²) in [6, 6.07) is -1.01. The average molecular weight is 428 g/mol. The highest BCUT2D eigenvalue weighted by Crippen LogP contribution is 2.46. The molecule has 1 saturated carbocycles. The van der Waals surface area contributed by atoms with Crippen molar-refractivity contribution in [2.75, 3.05) is 7.05 Å². The third kappa shape index (κ3) is 3.16. The Hall–Kier alpha value is -1.64. The highest BCUT2D eigenvalue weighted by atomic mass is 32.2. The fourth-order valence-electron chi connectivity index (χ4n) is 4.79. The van der Waals surface area contributed by atoms with Crippen LogP contribution in [0.4, 0.5) is 0 Å². The molecule has 3 amide bonds. The van der Waals surface area contributed by atoms with Gasteiger partial charge in [0.2, 0.25) is 17.7 Å². The summed E-state index contributed by atoms with van der Waals surface area (Å²) >= 11 is 0. The van der Waals surface area contributed by atoms with Gasteiger partial charge in [-0.1, -0.05) is 26.2 Å². The summed E-state index contributed by atoms with van der Waals surface area (Å²) in [7, 11) is -2.13. The molecule has 9 heteroatoms. The number of nitrogens with zero attached hydrogens (tertiary/aromatic N) is 2. The third-order valence-corrected chi connectivity index (χ3v) is 10.2. The van der Waals surface area contributed by atoms with Crippen molar-refractivity contribution in [2.45, 2.75) is 100 Å². The molecule has 0 spiro atoms. The number of hydrogen-bond acceptors (Lipinski definition) is 5. The SMILES string of the molecule is CC[C@](C)(C(=O)NC1CCCCC1)N(C)C(=O)[C@@H]1N2C(=O)C[C@H]2S(=O)(=O)C1(C)C. The molecule has 0 aromatic heterocycles. The molecule has 2 saturated heterocycles. The molecule has 1 aliphatic carbocycles. The number of rotatable bonds is 5. The molecule has 0 aromatic rings. The zero-order chi connectivity index (χ0) is 21.8. The Kier molecular flexibility index (Phi) is 5.51. The van der Waals surface area contributed by atoms with Gasteiger partial charge in [0, 0.05) is 13.1 Å². The van der Waals surface area contributed by atoms with Crippen LogP contribution in [0.25, 0.3) is 0 Å². The molecule has 0 aromatic carbocycles. The van der Waals surface area contributed by atoms with E-state index in [0.29, 0.717) is 6.42 Å². The predicted octanol–water partition coefficient (Wildman–Crippen LogP) is 1.20. The van der Waals surface area contributed by atoms with Crippen LogP contribution in [-0.2, 0) is 24.2 Å². The Morgan fingerprint density at radius 3 is 2.34 bits per heavy atom. The minimum Gasteiger partial charge on any atom is -0.351 e. The van der Waals surface area contributed by atoms with Gasteiger partial charge in [-0.25, -0.2) is 8.42 Å². The highest BCUT2D eigenvalue weighted by molar-refractivity contribution is 7.93. The van der Waals surface area contributed by atoms with Crippen LogP contribution in [0.15, 0.2) is 0 Å². The molecule has 3 atom stereocenters. The van der Waals surface area contributed by atoms with Gasteiger partial charge in [-0.3, -0.25) is 14.4 Å². The lowest BCUT2D eigenvalue weighted by Gasteiger charge is -2.43. The summed E-state index contributed by atoms with van der Waals surface area (Å²) in [4.78, 5) is 41.3. The van der Waals surface area contributed by atoms with Crippen LogP contribution in [0.2, 0.25) is 0 Å². The molecular weight excluding hydrogens is 394 g/mol. The second-order valence-corrected chi connectivity index (χ2v) is 12.0. The second kappa shape index (κ2) is 7.25. The lowest BCUT2D eigenvalue weighted by Crippen LogP contribution is -2.65. The normalized spacial score (nSPS) is 30.1. The number of β-lactam (4-membered cyclic amide) rings is 1. The molecular formula is C20H33N3O5S. The summed E-state index contributed by atoms with van der Waals surface area (Å²) in [5.41, 5.74) is -1.12. The van der Waals surface area contributed by atoms with Gasteiger partial charge in [0.25, 0.3) is 0 Å². The van der Waals surface area contributed by atoms with Gasteiger partial charge in [-0.2, -0.15) is 0 Å². The predicted molar refractivity (Wildman–Crippen MR) is 109 cm³/mol. The standard InChI is InChI=1S/C20H33N3O5S/c1-6-20(4,18(26)21-13-10-8-7-9-11-13)22(5)17(25)16-19(2,3)29(27,28)15-12-14(24)23(15)16/h13,15-16H,6-12H2,1-5H3,(H,21,26)/t15-,16+,20-/m1/s1. The number of carbonyl (C=O) groups excluding carboxylic acids is 3. The van der Waals surface area contributed by atoms with E-state index in [9.17, 15) is 22.8 Å². The molecule has 3 aliphatic rings. The van der Waals surface area contributed by atoms with Crippen molar-refractivity contribution in [3.8, 4) is 0 Å². The molecule has 0 bridgehead atoms. The van der Waals surface area contributed by atoms with Crippen LogP contribution in [0.3, 0.4) is 0 Å². The first-order chi connectivity index (χ1) is 13.4.